The Balaban J connectivity index is 1.75. The van der Waals surface area contributed by atoms with Gasteiger partial charge in [0.1, 0.15) is 5.82 Å². The van der Waals surface area contributed by atoms with Gasteiger partial charge >= 0.3 is 0 Å². The maximum absolute atomic E-state index is 12.0. The van der Waals surface area contributed by atoms with Crippen LogP contribution in [0.1, 0.15) is 24.8 Å². The number of aliphatic hydroxyl groups excluding tert-OH is 1. The van der Waals surface area contributed by atoms with E-state index < -0.39 is 0 Å². The third-order valence-electron chi connectivity index (χ3n) is 3.40. The molecule has 3 N–H and O–H groups in total. The monoisotopic (exact) mass is 313 g/mol. The minimum Gasteiger partial charge on any atom is -0.396 e. The van der Waals surface area contributed by atoms with Crippen molar-refractivity contribution in [2.75, 3.05) is 23.8 Å². The Morgan fingerprint density at radius 2 is 1.87 bits per heavy atom. The summed E-state index contributed by atoms with van der Waals surface area (Å²) in [5.41, 5.74) is 1.68. The molecule has 0 aliphatic carbocycles. The van der Waals surface area contributed by atoms with E-state index in [-0.39, 0.29) is 12.5 Å². The molecule has 5 heteroatoms. The van der Waals surface area contributed by atoms with Crippen LogP contribution in [0.3, 0.4) is 0 Å². The number of amides is 1. The second-order valence-corrected chi connectivity index (χ2v) is 5.35. The molecule has 122 valence electrons. The summed E-state index contributed by atoms with van der Waals surface area (Å²) < 4.78 is 0. The minimum atomic E-state index is -0.0530. The largest absolute Gasteiger partial charge is 0.396 e. The molecule has 0 fully saturated rings. The van der Waals surface area contributed by atoms with E-state index in [1.807, 2.05) is 42.5 Å². The number of hydrogen-bond acceptors (Lipinski definition) is 4. The predicted octanol–water partition coefficient (Wildman–Crippen LogP) is 2.84. The van der Waals surface area contributed by atoms with Crippen LogP contribution in [0.25, 0.3) is 0 Å². The van der Waals surface area contributed by atoms with E-state index in [0.717, 1.165) is 37.2 Å². The third kappa shape index (κ3) is 6.48. The van der Waals surface area contributed by atoms with Crippen molar-refractivity contribution in [3.05, 3.63) is 54.2 Å². The lowest BCUT2D eigenvalue weighted by Gasteiger charge is -2.08. The van der Waals surface area contributed by atoms with Gasteiger partial charge in [0.15, 0.2) is 0 Å². The average Bonchev–Trinajstić information content (AvgIpc) is 2.57. The van der Waals surface area contributed by atoms with Crippen LogP contribution < -0.4 is 10.6 Å². The average molecular weight is 313 g/mol. The van der Waals surface area contributed by atoms with Crippen LogP contribution in [-0.2, 0) is 11.2 Å². The summed E-state index contributed by atoms with van der Waals surface area (Å²) in [6, 6.07) is 13.3. The molecule has 1 heterocycles. The first-order valence-corrected chi connectivity index (χ1v) is 7.92. The normalized spacial score (nSPS) is 10.3. The number of carbonyl (C=O) groups excluding carboxylic acids is 1. The number of aliphatic hydroxyl groups is 1. The fourth-order valence-corrected chi connectivity index (χ4v) is 2.19. The van der Waals surface area contributed by atoms with Crippen molar-refractivity contribution >= 4 is 17.4 Å². The predicted molar refractivity (Wildman–Crippen MR) is 92.4 cm³/mol. The molecular formula is C18H23N3O2. The third-order valence-corrected chi connectivity index (χ3v) is 3.40. The summed E-state index contributed by atoms with van der Waals surface area (Å²) in [5, 5.41) is 14.8. The molecule has 1 amide bonds. The van der Waals surface area contributed by atoms with Crippen LogP contribution in [0.2, 0.25) is 0 Å². The molecule has 1 aromatic heterocycles. The van der Waals surface area contributed by atoms with Gasteiger partial charge in [-0.05, 0) is 37.0 Å². The van der Waals surface area contributed by atoms with Crippen LogP contribution in [-0.4, -0.2) is 29.1 Å². The zero-order valence-electron chi connectivity index (χ0n) is 13.2. The van der Waals surface area contributed by atoms with Gasteiger partial charge in [0.05, 0.1) is 18.3 Å². The van der Waals surface area contributed by atoms with Crippen molar-refractivity contribution in [1.29, 1.82) is 0 Å². The number of aromatic nitrogens is 1. The number of rotatable bonds is 9. The summed E-state index contributed by atoms with van der Waals surface area (Å²) in [5.74, 6) is 0.734. The van der Waals surface area contributed by atoms with Gasteiger partial charge in [-0.25, -0.2) is 4.98 Å². The van der Waals surface area contributed by atoms with E-state index in [9.17, 15) is 4.79 Å². The highest BCUT2D eigenvalue weighted by Gasteiger charge is 2.04. The Kier molecular flexibility index (Phi) is 7.07. The highest BCUT2D eigenvalue weighted by molar-refractivity contribution is 5.92. The van der Waals surface area contributed by atoms with Crippen molar-refractivity contribution < 1.29 is 9.90 Å². The van der Waals surface area contributed by atoms with Crippen LogP contribution in [0.15, 0.2) is 48.7 Å². The smallest absolute Gasteiger partial charge is 0.228 e. The zero-order valence-corrected chi connectivity index (χ0v) is 13.2. The van der Waals surface area contributed by atoms with E-state index in [1.165, 1.54) is 0 Å². The van der Waals surface area contributed by atoms with Gasteiger partial charge in [0.25, 0.3) is 0 Å². The number of hydrogen-bond donors (Lipinski definition) is 3. The second kappa shape index (κ2) is 9.58. The fourth-order valence-electron chi connectivity index (χ4n) is 2.19. The van der Waals surface area contributed by atoms with E-state index in [2.05, 4.69) is 15.6 Å². The first-order chi connectivity index (χ1) is 11.3. The lowest BCUT2D eigenvalue weighted by Crippen LogP contribution is -2.14. The molecule has 2 aromatic rings. The zero-order chi connectivity index (χ0) is 16.3. The molecule has 23 heavy (non-hydrogen) atoms. The minimum absolute atomic E-state index is 0.0530. The number of pyridine rings is 1. The molecule has 0 radical (unpaired) electrons. The number of nitrogens with zero attached hydrogens (tertiary/aromatic N) is 1. The van der Waals surface area contributed by atoms with Gasteiger partial charge in [0.2, 0.25) is 5.91 Å². The first-order valence-electron chi connectivity index (χ1n) is 7.92. The SMILES string of the molecule is O=C(Cc1ccccc1)Nc1ccc(NCCCCCO)nc1. The summed E-state index contributed by atoms with van der Waals surface area (Å²) in [6.07, 6.45) is 4.83. The first kappa shape index (κ1) is 17.0. The van der Waals surface area contributed by atoms with E-state index in [1.54, 1.807) is 6.20 Å². The second-order valence-electron chi connectivity index (χ2n) is 5.35. The van der Waals surface area contributed by atoms with E-state index in [4.69, 9.17) is 5.11 Å². The molecule has 0 aliphatic heterocycles. The summed E-state index contributed by atoms with van der Waals surface area (Å²) >= 11 is 0. The molecule has 5 nitrogen and oxygen atoms in total. The molecule has 0 atom stereocenters. The molecule has 2 rings (SSSR count). The van der Waals surface area contributed by atoms with Crippen molar-refractivity contribution in [3.8, 4) is 0 Å². The number of nitrogens with one attached hydrogen (secondary N) is 2. The quantitative estimate of drug-likeness (QED) is 0.622. The Hall–Kier alpha value is -2.40. The van der Waals surface area contributed by atoms with Crippen LogP contribution in [0, 0.1) is 0 Å². The lowest BCUT2D eigenvalue weighted by molar-refractivity contribution is -0.115. The lowest BCUT2D eigenvalue weighted by atomic mass is 10.1. The highest BCUT2D eigenvalue weighted by Crippen LogP contribution is 2.11. The van der Waals surface area contributed by atoms with Crippen LogP contribution >= 0.6 is 0 Å². The number of carbonyl (C=O) groups is 1. The molecule has 0 unspecified atom stereocenters. The van der Waals surface area contributed by atoms with Crippen LogP contribution in [0.4, 0.5) is 11.5 Å². The molecule has 1 aromatic carbocycles. The molecule has 0 saturated heterocycles. The Labute approximate surface area is 136 Å². The van der Waals surface area contributed by atoms with Crippen molar-refractivity contribution in [2.45, 2.75) is 25.7 Å². The van der Waals surface area contributed by atoms with E-state index in [0.29, 0.717) is 12.1 Å². The van der Waals surface area contributed by atoms with Gasteiger partial charge < -0.3 is 15.7 Å². The topological polar surface area (TPSA) is 74.2 Å². The van der Waals surface area contributed by atoms with Gasteiger partial charge in [0, 0.05) is 13.2 Å². The van der Waals surface area contributed by atoms with Gasteiger partial charge in [-0.3, -0.25) is 4.79 Å². The van der Waals surface area contributed by atoms with Gasteiger partial charge in [-0.2, -0.15) is 0 Å². The molecule has 0 aliphatic rings. The van der Waals surface area contributed by atoms with Gasteiger partial charge in [-0.1, -0.05) is 30.3 Å². The Bertz CT molecular complexity index is 585. The molecule has 0 bridgehead atoms. The summed E-state index contributed by atoms with van der Waals surface area (Å²) in [4.78, 5) is 16.2. The molecule has 0 spiro atoms. The fraction of sp³-hybridized carbons (Fsp3) is 0.333. The standard InChI is InChI=1S/C18H23N3O2/c22-12-6-2-5-11-19-17-10-9-16(14-20-17)21-18(23)13-15-7-3-1-4-8-15/h1,3-4,7-10,14,22H,2,5-6,11-13H2,(H,19,20)(H,21,23). The maximum Gasteiger partial charge on any atom is 0.228 e. The van der Waals surface area contributed by atoms with Crippen molar-refractivity contribution in [1.82, 2.24) is 4.98 Å². The highest BCUT2D eigenvalue weighted by atomic mass is 16.2. The van der Waals surface area contributed by atoms with Crippen molar-refractivity contribution in [2.24, 2.45) is 0 Å². The summed E-state index contributed by atoms with van der Waals surface area (Å²) in [6.45, 7) is 1.07. The number of unbranched alkanes of at least 4 members (excludes halogenated alkanes) is 2. The molecular weight excluding hydrogens is 290 g/mol. The Morgan fingerprint density at radius 3 is 2.57 bits per heavy atom. The maximum atomic E-state index is 12.0. The number of benzene rings is 1. The number of anilines is 2. The van der Waals surface area contributed by atoms with Crippen molar-refractivity contribution in [3.63, 3.8) is 0 Å². The Morgan fingerprint density at radius 1 is 1.04 bits per heavy atom. The van der Waals surface area contributed by atoms with Gasteiger partial charge in [-0.15, -0.1) is 0 Å². The van der Waals surface area contributed by atoms with E-state index >= 15 is 0 Å². The summed E-state index contributed by atoms with van der Waals surface area (Å²) in [7, 11) is 0. The van der Waals surface area contributed by atoms with Crippen LogP contribution in [0.5, 0.6) is 0 Å². The molecule has 0 saturated carbocycles.